The van der Waals surface area contributed by atoms with Crippen molar-refractivity contribution in [1.29, 1.82) is 0 Å². The second-order valence-electron chi connectivity index (χ2n) is 4.09. The smallest absolute Gasteiger partial charge is 0.143 e. The summed E-state index contributed by atoms with van der Waals surface area (Å²) in [5, 5.41) is 0.849. The molecular weight excluding hydrogens is 416 g/mol. The van der Waals surface area contributed by atoms with Gasteiger partial charge in [-0.2, -0.15) is 0 Å². The first-order chi connectivity index (χ1) is 8.10. The summed E-state index contributed by atoms with van der Waals surface area (Å²) in [5.74, 6) is 0.981. The van der Waals surface area contributed by atoms with Crippen LogP contribution in [-0.4, -0.2) is 35.6 Å². The van der Waals surface area contributed by atoms with Crippen molar-refractivity contribution in [3.8, 4) is 0 Å². The number of hydrogen-bond acceptors (Lipinski definition) is 3. The average Bonchev–Trinajstić information content (AvgIpc) is 2.28. The fraction of sp³-hybridized carbons (Fsp3) is 0.545. The van der Waals surface area contributed by atoms with Gasteiger partial charge in [0, 0.05) is 29.1 Å². The highest BCUT2D eigenvalue weighted by atomic mass is 79.9. The lowest BCUT2D eigenvalue weighted by Crippen LogP contribution is -2.47. The van der Waals surface area contributed by atoms with E-state index in [4.69, 9.17) is 4.74 Å². The Labute approximate surface area is 126 Å². The molecule has 1 saturated heterocycles. The number of hydrogen-bond donors (Lipinski definition) is 0. The van der Waals surface area contributed by atoms with E-state index < -0.39 is 0 Å². The molecule has 0 aromatic carbocycles. The molecule has 0 radical (unpaired) electrons. The molecule has 2 unspecified atom stereocenters. The SMILES string of the molecule is CC1CN(c2ncc(Br)cc2Br)CC(CBr)O1. The summed E-state index contributed by atoms with van der Waals surface area (Å²) in [4.78, 5) is 6.73. The van der Waals surface area contributed by atoms with Crippen molar-refractivity contribution in [2.45, 2.75) is 19.1 Å². The first kappa shape index (κ1) is 13.8. The minimum absolute atomic E-state index is 0.219. The van der Waals surface area contributed by atoms with Crippen molar-refractivity contribution in [2.75, 3.05) is 23.3 Å². The molecule has 0 amide bonds. The number of ether oxygens (including phenoxy) is 1. The lowest BCUT2D eigenvalue weighted by Gasteiger charge is -2.37. The highest BCUT2D eigenvalue weighted by Crippen LogP contribution is 2.29. The third-order valence-electron chi connectivity index (χ3n) is 2.59. The van der Waals surface area contributed by atoms with Crippen LogP contribution in [0.5, 0.6) is 0 Å². The molecule has 1 aliphatic rings. The molecule has 1 aliphatic heterocycles. The second kappa shape index (κ2) is 5.99. The quantitative estimate of drug-likeness (QED) is 0.673. The summed E-state index contributed by atoms with van der Waals surface area (Å²) >= 11 is 10.4. The van der Waals surface area contributed by atoms with Crippen LogP contribution in [0, 0.1) is 0 Å². The topological polar surface area (TPSA) is 25.4 Å². The van der Waals surface area contributed by atoms with Crippen LogP contribution in [0.1, 0.15) is 6.92 Å². The van der Waals surface area contributed by atoms with Gasteiger partial charge in [-0.05, 0) is 44.8 Å². The predicted molar refractivity (Wildman–Crippen MR) is 80.0 cm³/mol. The van der Waals surface area contributed by atoms with Crippen LogP contribution in [0.2, 0.25) is 0 Å². The number of aromatic nitrogens is 1. The van der Waals surface area contributed by atoms with Gasteiger partial charge in [-0.3, -0.25) is 0 Å². The van der Waals surface area contributed by atoms with Crippen molar-refractivity contribution < 1.29 is 4.74 Å². The average molecular weight is 429 g/mol. The van der Waals surface area contributed by atoms with E-state index in [-0.39, 0.29) is 12.2 Å². The Morgan fingerprint density at radius 1 is 1.47 bits per heavy atom. The van der Waals surface area contributed by atoms with E-state index >= 15 is 0 Å². The highest BCUT2D eigenvalue weighted by Gasteiger charge is 2.26. The van der Waals surface area contributed by atoms with Crippen LogP contribution in [0.3, 0.4) is 0 Å². The second-order valence-corrected chi connectivity index (χ2v) is 6.50. The molecule has 0 spiro atoms. The molecule has 3 nitrogen and oxygen atoms in total. The third kappa shape index (κ3) is 3.43. The summed E-state index contributed by atoms with van der Waals surface area (Å²) in [6.07, 6.45) is 2.27. The van der Waals surface area contributed by atoms with Gasteiger partial charge in [0.25, 0.3) is 0 Å². The van der Waals surface area contributed by atoms with Gasteiger partial charge in [-0.1, -0.05) is 15.9 Å². The van der Waals surface area contributed by atoms with E-state index in [0.717, 1.165) is 33.2 Å². The van der Waals surface area contributed by atoms with Crippen LogP contribution < -0.4 is 4.90 Å². The summed E-state index contributed by atoms with van der Waals surface area (Å²) in [6, 6.07) is 2.02. The summed E-state index contributed by atoms with van der Waals surface area (Å²) in [6.45, 7) is 3.83. The molecule has 0 saturated carbocycles. The molecule has 6 heteroatoms. The van der Waals surface area contributed by atoms with Crippen LogP contribution in [0.25, 0.3) is 0 Å². The number of alkyl halides is 1. The number of pyridine rings is 1. The molecule has 1 aromatic rings. The van der Waals surface area contributed by atoms with Gasteiger partial charge >= 0.3 is 0 Å². The van der Waals surface area contributed by atoms with Gasteiger partial charge in [0.2, 0.25) is 0 Å². The zero-order chi connectivity index (χ0) is 12.4. The summed E-state index contributed by atoms with van der Waals surface area (Å²) in [7, 11) is 0. The minimum Gasteiger partial charge on any atom is -0.371 e. The van der Waals surface area contributed by atoms with Crippen LogP contribution in [0.4, 0.5) is 5.82 Å². The highest BCUT2D eigenvalue weighted by molar-refractivity contribution is 9.11. The molecule has 17 heavy (non-hydrogen) atoms. The zero-order valence-corrected chi connectivity index (χ0v) is 14.1. The number of morpholine rings is 1. The lowest BCUT2D eigenvalue weighted by atomic mass is 10.2. The maximum Gasteiger partial charge on any atom is 0.143 e. The molecule has 0 N–H and O–H groups in total. The Morgan fingerprint density at radius 3 is 2.88 bits per heavy atom. The Kier molecular flexibility index (Phi) is 4.86. The molecule has 94 valence electrons. The number of nitrogens with zero attached hydrogens (tertiary/aromatic N) is 2. The van der Waals surface area contributed by atoms with Gasteiger partial charge in [0.05, 0.1) is 16.7 Å². The normalized spacial score (nSPS) is 25.1. The van der Waals surface area contributed by atoms with Crippen molar-refractivity contribution in [3.63, 3.8) is 0 Å². The van der Waals surface area contributed by atoms with Crippen molar-refractivity contribution >= 4 is 53.6 Å². The largest absolute Gasteiger partial charge is 0.371 e. The standard InChI is InChI=1S/C11H13Br3N2O/c1-7-5-16(6-9(3-12)17-7)11-10(14)2-8(13)4-15-11/h2,4,7,9H,3,5-6H2,1H3. The molecule has 0 aliphatic carbocycles. The molecule has 1 fully saturated rings. The molecule has 0 bridgehead atoms. The van der Waals surface area contributed by atoms with Crippen molar-refractivity contribution in [3.05, 3.63) is 21.2 Å². The summed E-state index contributed by atoms with van der Waals surface area (Å²) in [5.41, 5.74) is 0. The van der Waals surface area contributed by atoms with Crippen molar-refractivity contribution in [1.82, 2.24) is 4.98 Å². The van der Waals surface area contributed by atoms with Crippen LogP contribution >= 0.6 is 47.8 Å². The molecule has 2 atom stereocenters. The van der Waals surface area contributed by atoms with Crippen LogP contribution in [-0.2, 0) is 4.74 Å². The van der Waals surface area contributed by atoms with E-state index in [2.05, 4.69) is 64.6 Å². The van der Waals surface area contributed by atoms with Gasteiger partial charge in [-0.15, -0.1) is 0 Å². The fourth-order valence-corrected chi connectivity index (χ4v) is 3.54. The Morgan fingerprint density at radius 2 is 2.24 bits per heavy atom. The molecule has 2 rings (SSSR count). The van der Waals surface area contributed by atoms with E-state index in [1.165, 1.54) is 0 Å². The molecule has 2 heterocycles. The number of halogens is 3. The first-order valence-corrected chi connectivity index (χ1v) is 8.08. The minimum atomic E-state index is 0.219. The number of anilines is 1. The summed E-state index contributed by atoms with van der Waals surface area (Å²) < 4.78 is 7.80. The van der Waals surface area contributed by atoms with E-state index in [0.29, 0.717) is 0 Å². The Balaban J connectivity index is 2.20. The monoisotopic (exact) mass is 426 g/mol. The Hall–Kier alpha value is 0.350. The lowest BCUT2D eigenvalue weighted by molar-refractivity contribution is -0.00227. The van der Waals surface area contributed by atoms with Gasteiger partial charge in [0.1, 0.15) is 5.82 Å². The fourth-order valence-electron chi connectivity index (χ4n) is 1.94. The van der Waals surface area contributed by atoms with E-state index in [1.807, 2.05) is 12.3 Å². The molecular formula is C11H13Br3N2O. The maximum atomic E-state index is 5.81. The van der Waals surface area contributed by atoms with E-state index in [9.17, 15) is 0 Å². The first-order valence-electron chi connectivity index (χ1n) is 5.37. The van der Waals surface area contributed by atoms with Gasteiger partial charge in [-0.25, -0.2) is 4.98 Å². The Bertz CT molecular complexity index is 402. The third-order valence-corrected chi connectivity index (χ3v) is 4.33. The zero-order valence-electron chi connectivity index (χ0n) is 9.37. The maximum absolute atomic E-state index is 5.81. The molecule has 1 aromatic heterocycles. The number of rotatable bonds is 2. The van der Waals surface area contributed by atoms with Crippen molar-refractivity contribution in [2.24, 2.45) is 0 Å². The predicted octanol–water partition coefficient (Wildman–Crippen LogP) is 3.60. The van der Waals surface area contributed by atoms with Gasteiger partial charge in [0.15, 0.2) is 0 Å². The van der Waals surface area contributed by atoms with E-state index in [1.54, 1.807) is 0 Å². The van der Waals surface area contributed by atoms with Gasteiger partial charge < -0.3 is 9.64 Å². The van der Waals surface area contributed by atoms with Crippen LogP contribution in [0.15, 0.2) is 21.2 Å².